The molecule has 0 saturated heterocycles. The van der Waals surface area contributed by atoms with Gasteiger partial charge in [-0.3, -0.25) is 9.78 Å². The number of thiazole rings is 1. The Morgan fingerprint density at radius 3 is 2.66 bits per heavy atom. The Kier molecular flexibility index (Phi) is 5.48. The van der Waals surface area contributed by atoms with Crippen molar-refractivity contribution in [2.45, 2.75) is 38.1 Å². The van der Waals surface area contributed by atoms with E-state index in [1.54, 1.807) is 30.9 Å². The van der Waals surface area contributed by atoms with Crippen LogP contribution in [0, 0.1) is 5.82 Å². The van der Waals surface area contributed by atoms with Gasteiger partial charge in [0.15, 0.2) is 0 Å². The van der Waals surface area contributed by atoms with Crippen LogP contribution in [0.3, 0.4) is 0 Å². The van der Waals surface area contributed by atoms with Crippen LogP contribution in [-0.2, 0) is 16.8 Å². The van der Waals surface area contributed by atoms with Crippen molar-refractivity contribution < 1.29 is 9.18 Å². The number of carbonyl (C=O) groups is 1. The molecule has 3 aromatic heterocycles. The third-order valence-corrected chi connectivity index (χ3v) is 6.17. The van der Waals surface area contributed by atoms with Crippen LogP contribution in [-0.4, -0.2) is 32.4 Å². The lowest BCUT2D eigenvalue weighted by Crippen LogP contribution is -2.42. The van der Waals surface area contributed by atoms with Crippen molar-refractivity contribution in [2.75, 3.05) is 11.9 Å². The second-order valence-corrected chi connectivity index (χ2v) is 8.27. The number of nitrogens with one attached hydrogen (secondary N) is 2. The molecule has 29 heavy (non-hydrogen) atoms. The maximum atomic E-state index is 14.2. The molecule has 0 atom stereocenters. The van der Waals surface area contributed by atoms with E-state index >= 15 is 0 Å². The summed E-state index contributed by atoms with van der Waals surface area (Å²) < 4.78 is 14.2. The van der Waals surface area contributed by atoms with Gasteiger partial charge in [0.25, 0.3) is 0 Å². The van der Waals surface area contributed by atoms with E-state index in [2.05, 4.69) is 30.6 Å². The molecule has 4 rings (SSSR count). The summed E-state index contributed by atoms with van der Waals surface area (Å²) >= 11 is 1.49. The summed E-state index contributed by atoms with van der Waals surface area (Å²) in [7, 11) is 0. The van der Waals surface area contributed by atoms with Gasteiger partial charge < -0.3 is 10.6 Å². The Labute approximate surface area is 171 Å². The van der Waals surface area contributed by atoms with Gasteiger partial charge >= 0.3 is 0 Å². The topological polar surface area (TPSA) is 92.7 Å². The monoisotopic (exact) mass is 412 g/mol. The Balaban J connectivity index is 1.41. The predicted octanol–water partition coefficient (Wildman–Crippen LogP) is 3.30. The minimum atomic E-state index is -0.304. The van der Waals surface area contributed by atoms with E-state index in [9.17, 15) is 9.18 Å². The summed E-state index contributed by atoms with van der Waals surface area (Å²) in [5.41, 5.74) is 1.02. The minimum absolute atomic E-state index is 0.0754. The van der Waals surface area contributed by atoms with E-state index in [0.717, 1.165) is 34.7 Å². The van der Waals surface area contributed by atoms with Crippen LogP contribution in [0.5, 0.6) is 0 Å². The average Bonchev–Trinajstić information content (AvgIpc) is 3.16. The zero-order valence-electron chi connectivity index (χ0n) is 16.0. The third kappa shape index (κ3) is 4.24. The lowest BCUT2D eigenvalue weighted by Gasteiger charge is -2.41. The summed E-state index contributed by atoms with van der Waals surface area (Å²) in [6.07, 6.45) is 9.64. The lowest BCUT2D eigenvalue weighted by atomic mass is 9.66. The van der Waals surface area contributed by atoms with E-state index in [-0.39, 0.29) is 17.1 Å². The molecule has 150 valence electrons. The molecule has 7 nitrogen and oxygen atoms in total. The largest absolute Gasteiger partial charge is 0.353 e. The molecule has 9 heteroatoms. The maximum absolute atomic E-state index is 14.2. The Morgan fingerprint density at radius 1 is 1.21 bits per heavy atom. The smallest absolute Gasteiger partial charge is 0.222 e. The number of hydrogen-bond acceptors (Lipinski definition) is 7. The van der Waals surface area contributed by atoms with E-state index in [1.807, 2.05) is 0 Å². The number of pyridine rings is 1. The summed E-state index contributed by atoms with van der Waals surface area (Å²) in [5.74, 6) is 0.157. The van der Waals surface area contributed by atoms with E-state index in [0.29, 0.717) is 24.7 Å². The Morgan fingerprint density at radius 2 is 2.00 bits per heavy atom. The van der Waals surface area contributed by atoms with Crippen LogP contribution in [0.25, 0.3) is 10.6 Å². The van der Waals surface area contributed by atoms with Crippen LogP contribution in [0.15, 0.2) is 36.9 Å². The highest BCUT2D eigenvalue weighted by Crippen LogP contribution is 2.43. The molecule has 0 aromatic carbocycles. The van der Waals surface area contributed by atoms with Gasteiger partial charge in [-0.05, 0) is 25.0 Å². The maximum Gasteiger partial charge on any atom is 0.222 e. The lowest BCUT2D eigenvalue weighted by molar-refractivity contribution is -0.119. The quantitative estimate of drug-likeness (QED) is 0.619. The molecule has 3 heterocycles. The first kappa shape index (κ1) is 19.4. The number of carbonyl (C=O) groups excluding carboxylic acids is 1. The number of anilines is 1. The molecule has 1 aliphatic carbocycles. The van der Waals surface area contributed by atoms with Gasteiger partial charge in [0.2, 0.25) is 11.9 Å². The highest BCUT2D eigenvalue weighted by atomic mass is 32.1. The van der Waals surface area contributed by atoms with Crippen molar-refractivity contribution in [1.29, 1.82) is 0 Å². The van der Waals surface area contributed by atoms with Crippen LogP contribution < -0.4 is 10.6 Å². The van der Waals surface area contributed by atoms with Gasteiger partial charge in [0.1, 0.15) is 10.8 Å². The molecule has 0 aliphatic heterocycles. The molecule has 2 N–H and O–H groups in total. The number of amides is 1. The molecule has 1 saturated carbocycles. The molecule has 0 spiro atoms. The summed E-state index contributed by atoms with van der Waals surface area (Å²) in [4.78, 5) is 29.4. The van der Waals surface area contributed by atoms with Crippen molar-refractivity contribution in [3.05, 3.63) is 53.3 Å². The van der Waals surface area contributed by atoms with Crippen molar-refractivity contribution in [2.24, 2.45) is 0 Å². The normalized spacial score (nSPS) is 14.8. The fourth-order valence-corrected chi connectivity index (χ4v) is 4.22. The Bertz CT molecular complexity index is 1000. The summed E-state index contributed by atoms with van der Waals surface area (Å²) in [5, 5.41) is 6.78. The second kappa shape index (κ2) is 8.20. The minimum Gasteiger partial charge on any atom is -0.353 e. The molecular formula is C20H21FN6OS. The molecule has 0 unspecified atom stereocenters. The first-order valence-corrected chi connectivity index (χ1v) is 10.2. The third-order valence-electron chi connectivity index (χ3n) is 5.12. The SMILES string of the molecule is CC(=O)NCc1cnc(-c2cnc(NCC3(c4ncccc4F)CCC3)nc2)s1. The zero-order chi connectivity index (χ0) is 20.3. The zero-order valence-corrected chi connectivity index (χ0v) is 16.8. The highest BCUT2D eigenvalue weighted by molar-refractivity contribution is 7.15. The molecule has 1 amide bonds. The second-order valence-electron chi connectivity index (χ2n) is 7.16. The van der Waals surface area contributed by atoms with Crippen LogP contribution in [0.2, 0.25) is 0 Å². The predicted molar refractivity (Wildman–Crippen MR) is 109 cm³/mol. The molecule has 0 bridgehead atoms. The first-order valence-electron chi connectivity index (χ1n) is 9.42. The molecule has 1 fully saturated rings. The highest BCUT2D eigenvalue weighted by Gasteiger charge is 2.41. The van der Waals surface area contributed by atoms with Crippen molar-refractivity contribution >= 4 is 23.2 Å². The van der Waals surface area contributed by atoms with Crippen LogP contribution in [0.1, 0.15) is 36.8 Å². The standard InChI is InChI=1S/C20H21FN6OS/c1-13(28)23-10-15-11-24-18(29-15)14-8-25-19(26-9-14)27-12-20(5-3-6-20)17-16(21)4-2-7-22-17/h2,4,7-9,11H,3,5-6,10,12H2,1H3,(H,23,28)(H,25,26,27). The van der Waals surface area contributed by atoms with Gasteiger partial charge in [-0.15, -0.1) is 11.3 Å². The number of rotatable bonds is 7. The summed E-state index contributed by atoms with van der Waals surface area (Å²) in [6.45, 7) is 2.48. The molecule has 1 aliphatic rings. The number of hydrogen-bond donors (Lipinski definition) is 2. The van der Waals surface area contributed by atoms with Crippen molar-refractivity contribution in [1.82, 2.24) is 25.3 Å². The summed E-state index contributed by atoms with van der Waals surface area (Å²) in [6, 6.07) is 3.07. The first-order chi connectivity index (χ1) is 14.1. The number of aromatic nitrogens is 4. The van der Waals surface area contributed by atoms with E-state index < -0.39 is 0 Å². The van der Waals surface area contributed by atoms with Gasteiger partial charge in [-0.25, -0.2) is 19.3 Å². The molecular weight excluding hydrogens is 391 g/mol. The van der Waals surface area contributed by atoms with Crippen molar-refractivity contribution in [3.8, 4) is 10.6 Å². The fourth-order valence-electron chi connectivity index (χ4n) is 3.39. The van der Waals surface area contributed by atoms with Gasteiger partial charge in [0.05, 0.1) is 12.2 Å². The molecule has 3 aromatic rings. The molecule has 0 radical (unpaired) electrons. The number of nitrogens with zero attached hydrogens (tertiary/aromatic N) is 4. The van der Waals surface area contributed by atoms with E-state index in [4.69, 9.17) is 0 Å². The number of halogens is 1. The van der Waals surface area contributed by atoms with Gasteiger partial charge in [-0.2, -0.15) is 0 Å². The van der Waals surface area contributed by atoms with E-state index in [1.165, 1.54) is 24.3 Å². The van der Waals surface area contributed by atoms with Crippen molar-refractivity contribution in [3.63, 3.8) is 0 Å². The fraction of sp³-hybridized carbons (Fsp3) is 0.350. The van der Waals surface area contributed by atoms with Gasteiger partial charge in [-0.1, -0.05) is 6.42 Å². The van der Waals surface area contributed by atoms with Crippen LogP contribution >= 0.6 is 11.3 Å². The Hall–Kier alpha value is -2.94. The van der Waals surface area contributed by atoms with Gasteiger partial charge in [0, 0.05) is 54.1 Å². The van der Waals surface area contributed by atoms with Crippen LogP contribution in [0.4, 0.5) is 10.3 Å². The average molecular weight is 412 g/mol.